The molecule has 4 rings (SSSR count). The lowest BCUT2D eigenvalue weighted by Crippen LogP contribution is -2.42. The minimum Gasteiger partial charge on any atom is -0.357 e. The summed E-state index contributed by atoms with van der Waals surface area (Å²) in [6.45, 7) is 2.02. The molecule has 1 amide bonds. The third kappa shape index (κ3) is 3.95. The molecule has 0 saturated carbocycles. The maximum Gasteiger partial charge on any atom is 0.269 e. The van der Waals surface area contributed by atoms with Gasteiger partial charge in [0, 0.05) is 30.7 Å². The van der Waals surface area contributed by atoms with Gasteiger partial charge in [-0.3, -0.25) is 19.7 Å². The van der Waals surface area contributed by atoms with Gasteiger partial charge in [0.05, 0.1) is 28.3 Å². The molecule has 0 spiro atoms. The first-order valence-corrected chi connectivity index (χ1v) is 10.7. The Morgan fingerprint density at radius 1 is 1.23 bits per heavy atom. The zero-order chi connectivity index (χ0) is 22.0. The standard InChI is InChI=1S/C24H25N3O4/c1-2-3-14-22(29)26-20-12-5-4-10-18(20)25-19-11-7-13-21(28)23(19)24(26)16-8-6-9-17(15-16)27(30)31/h4-6,8-12,15,23-25H,2-3,7,13-14H2,1H3/t23-,24+/m1/s1. The van der Waals surface area contributed by atoms with Crippen molar-refractivity contribution in [3.05, 3.63) is 76.0 Å². The lowest BCUT2D eigenvalue weighted by molar-refractivity contribution is -0.384. The molecule has 2 atom stereocenters. The van der Waals surface area contributed by atoms with Gasteiger partial charge in [0.1, 0.15) is 5.78 Å². The predicted molar refractivity (Wildman–Crippen MR) is 119 cm³/mol. The van der Waals surface area contributed by atoms with Crippen molar-refractivity contribution in [2.45, 2.75) is 45.1 Å². The molecule has 160 valence electrons. The quantitative estimate of drug-likeness (QED) is 0.535. The minimum atomic E-state index is -0.653. The Labute approximate surface area is 180 Å². The smallest absolute Gasteiger partial charge is 0.269 e. The summed E-state index contributed by atoms with van der Waals surface area (Å²) in [6.07, 6.45) is 4.96. The molecule has 0 saturated heterocycles. The fourth-order valence-electron chi connectivity index (χ4n) is 4.45. The molecule has 2 aromatic rings. The number of anilines is 2. The highest BCUT2D eigenvalue weighted by atomic mass is 16.6. The third-order valence-corrected chi connectivity index (χ3v) is 5.91. The van der Waals surface area contributed by atoms with Crippen LogP contribution in [0.5, 0.6) is 0 Å². The topological polar surface area (TPSA) is 92.6 Å². The van der Waals surface area contributed by atoms with Crippen molar-refractivity contribution in [1.82, 2.24) is 0 Å². The van der Waals surface area contributed by atoms with Gasteiger partial charge in [-0.05, 0) is 30.5 Å². The normalized spacial score (nSPS) is 20.1. The van der Waals surface area contributed by atoms with E-state index in [0.717, 1.165) is 24.2 Å². The second-order valence-corrected chi connectivity index (χ2v) is 7.95. The predicted octanol–water partition coefficient (Wildman–Crippen LogP) is 5.15. The summed E-state index contributed by atoms with van der Waals surface area (Å²) in [5.41, 5.74) is 2.72. The minimum absolute atomic E-state index is 0.0302. The number of allylic oxidation sites excluding steroid dienone is 1. The van der Waals surface area contributed by atoms with E-state index < -0.39 is 16.9 Å². The Balaban J connectivity index is 1.94. The molecular formula is C24H25N3O4. The number of hydrogen-bond acceptors (Lipinski definition) is 5. The van der Waals surface area contributed by atoms with Gasteiger partial charge in [0.25, 0.3) is 5.69 Å². The van der Waals surface area contributed by atoms with E-state index >= 15 is 0 Å². The molecule has 0 radical (unpaired) electrons. The molecule has 0 unspecified atom stereocenters. The number of non-ortho nitro benzene ring substituents is 1. The summed E-state index contributed by atoms with van der Waals surface area (Å²) < 4.78 is 0. The van der Waals surface area contributed by atoms with Crippen LogP contribution < -0.4 is 10.2 Å². The van der Waals surface area contributed by atoms with E-state index in [0.29, 0.717) is 30.5 Å². The second kappa shape index (κ2) is 8.71. The number of hydrogen-bond donors (Lipinski definition) is 1. The number of nitro groups is 1. The van der Waals surface area contributed by atoms with E-state index in [1.807, 2.05) is 37.3 Å². The Morgan fingerprint density at radius 3 is 2.81 bits per heavy atom. The van der Waals surface area contributed by atoms with Crippen LogP contribution in [0.15, 0.2) is 60.3 Å². The average molecular weight is 419 g/mol. The van der Waals surface area contributed by atoms with Crippen molar-refractivity contribution < 1.29 is 14.5 Å². The number of amides is 1. The third-order valence-electron chi connectivity index (χ3n) is 5.91. The molecule has 1 aliphatic carbocycles. The Morgan fingerprint density at radius 2 is 2.03 bits per heavy atom. The monoisotopic (exact) mass is 419 g/mol. The summed E-state index contributed by atoms with van der Waals surface area (Å²) in [5, 5.41) is 14.8. The molecule has 2 aliphatic rings. The van der Waals surface area contributed by atoms with Gasteiger partial charge in [-0.15, -0.1) is 0 Å². The molecule has 1 heterocycles. The molecule has 0 bridgehead atoms. The molecular weight excluding hydrogens is 394 g/mol. The SMILES string of the molecule is CCCCC(=O)N1c2ccccc2NC2=CCCC(=O)[C@@H]2[C@@H]1c1cccc([N+](=O)[O-])c1. The van der Waals surface area contributed by atoms with Crippen LogP contribution in [0.2, 0.25) is 0 Å². The van der Waals surface area contributed by atoms with E-state index in [1.54, 1.807) is 17.0 Å². The van der Waals surface area contributed by atoms with Crippen LogP contribution in [0, 0.1) is 16.0 Å². The van der Waals surface area contributed by atoms with Gasteiger partial charge in [-0.1, -0.05) is 43.7 Å². The van der Waals surface area contributed by atoms with E-state index in [4.69, 9.17) is 0 Å². The highest BCUT2D eigenvalue weighted by Gasteiger charge is 2.43. The van der Waals surface area contributed by atoms with Crippen LogP contribution in [-0.2, 0) is 9.59 Å². The van der Waals surface area contributed by atoms with Crippen molar-refractivity contribution in [2.75, 3.05) is 10.2 Å². The fraction of sp³-hybridized carbons (Fsp3) is 0.333. The second-order valence-electron chi connectivity index (χ2n) is 7.95. The number of ketones is 1. The number of carbonyl (C=O) groups excluding carboxylic acids is 2. The summed E-state index contributed by atoms with van der Waals surface area (Å²) in [6, 6.07) is 13.1. The van der Waals surface area contributed by atoms with Crippen molar-refractivity contribution >= 4 is 28.8 Å². The van der Waals surface area contributed by atoms with E-state index in [2.05, 4.69) is 5.32 Å². The van der Waals surface area contributed by atoms with E-state index in [-0.39, 0.29) is 17.4 Å². The number of benzene rings is 2. The number of rotatable bonds is 5. The maximum absolute atomic E-state index is 13.5. The number of Topliss-reactive ketones (excluding diaryl/α,β-unsaturated/α-hetero) is 1. The van der Waals surface area contributed by atoms with Crippen molar-refractivity contribution in [2.24, 2.45) is 5.92 Å². The molecule has 2 aromatic carbocycles. The summed E-state index contributed by atoms with van der Waals surface area (Å²) in [5.74, 6) is -0.663. The number of fused-ring (bicyclic) bond motifs is 2. The van der Waals surface area contributed by atoms with E-state index in [9.17, 15) is 19.7 Å². The summed E-state index contributed by atoms with van der Waals surface area (Å²) in [7, 11) is 0. The number of nitrogens with zero attached hydrogens (tertiary/aromatic N) is 2. The van der Waals surface area contributed by atoms with Gasteiger partial charge in [-0.2, -0.15) is 0 Å². The van der Waals surface area contributed by atoms with Crippen molar-refractivity contribution in [3.8, 4) is 0 Å². The molecule has 31 heavy (non-hydrogen) atoms. The summed E-state index contributed by atoms with van der Waals surface area (Å²) >= 11 is 0. The fourth-order valence-corrected chi connectivity index (χ4v) is 4.45. The van der Waals surface area contributed by atoms with Crippen LogP contribution in [0.25, 0.3) is 0 Å². The van der Waals surface area contributed by atoms with Gasteiger partial charge in [0.15, 0.2) is 0 Å². The lowest BCUT2D eigenvalue weighted by Gasteiger charge is -2.36. The summed E-state index contributed by atoms with van der Waals surface area (Å²) in [4.78, 5) is 39.3. The van der Waals surface area contributed by atoms with Crippen molar-refractivity contribution in [3.63, 3.8) is 0 Å². The average Bonchev–Trinajstić information content (AvgIpc) is 2.92. The van der Waals surface area contributed by atoms with Gasteiger partial charge < -0.3 is 10.2 Å². The largest absolute Gasteiger partial charge is 0.357 e. The number of nitro benzene ring substituents is 1. The van der Waals surface area contributed by atoms with Crippen LogP contribution in [0.4, 0.5) is 17.1 Å². The number of carbonyl (C=O) groups is 2. The Kier molecular flexibility index (Phi) is 5.84. The molecule has 7 heteroatoms. The lowest BCUT2D eigenvalue weighted by atomic mass is 9.81. The number of nitrogens with one attached hydrogen (secondary N) is 1. The number of unbranched alkanes of at least 4 members (excludes halogenated alkanes) is 1. The molecule has 0 aromatic heterocycles. The highest BCUT2D eigenvalue weighted by molar-refractivity contribution is 6.01. The van der Waals surface area contributed by atoms with Gasteiger partial charge in [-0.25, -0.2) is 0 Å². The maximum atomic E-state index is 13.5. The van der Waals surface area contributed by atoms with Gasteiger partial charge in [0.2, 0.25) is 5.91 Å². The Bertz CT molecular complexity index is 1060. The van der Waals surface area contributed by atoms with Crippen LogP contribution in [-0.4, -0.2) is 16.6 Å². The zero-order valence-corrected chi connectivity index (χ0v) is 17.4. The first-order valence-electron chi connectivity index (χ1n) is 10.7. The van der Waals surface area contributed by atoms with Crippen LogP contribution in [0.1, 0.15) is 50.6 Å². The zero-order valence-electron chi connectivity index (χ0n) is 17.4. The molecule has 1 N–H and O–H groups in total. The van der Waals surface area contributed by atoms with Crippen LogP contribution >= 0.6 is 0 Å². The van der Waals surface area contributed by atoms with E-state index in [1.165, 1.54) is 12.1 Å². The molecule has 1 aliphatic heterocycles. The van der Waals surface area contributed by atoms with Crippen LogP contribution in [0.3, 0.4) is 0 Å². The van der Waals surface area contributed by atoms with Crippen molar-refractivity contribution in [1.29, 1.82) is 0 Å². The van der Waals surface area contributed by atoms with Gasteiger partial charge >= 0.3 is 0 Å². The molecule has 0 fully saturated rings. The number of para-hydroxylation sites is 2. The first kappa shape index (κ1) is 20.8. The molecule has 7 nitrogen and oxygen atoms in total. The highest BCUT2D eigenvalue weighted by Crippen LogP contribution is 2.46. The first-order chi connectivity index (χ1) is 15.0. The Hall–Kier alpha value is -3.48.